The molecule has 1 unspecified atom stereocenters. The van der Waals surface area contributed by atoms with Crippen LogP contribution in [0.4, 0.5) is 0 Å². The Kier molecular flexibility index (Phi) is 6.39. The Labute approximate surface area is 116 Å². The highest BCUT2D eigenvalue weighted by atomic mass is 15.3. The van der Waals surface area contributed by atoms with Crippen LogP contribution >= 0.6 is 0 Å². The van der Waals surface area contributed by atoms with Gasteiger partial charge in [0, 0.05) is 18.8 Å². The van der Waals surface area contributed by atoms with E-state index in [0.29, 0.717) is 12.0 Å². The van der Waals surface area contributed by atoms with Crippen molar-refractivity contribution in [2.24, 2.45) is 10.9 Å². The predicted molar refractivity (Wildman–Crippen MR) is 80.4 cm³/mol. The first-order valence-corrected chi connectivity index (χ1v) is 7.06. The number of aryl methyl sites for hydroxylation is 1. The van der Waals surface area contributed by atoms with Gasteiger partial charge in [-0.25, -0.2) is 0 Å². The number of aliphatic imine (C=N–C) groups is 1. The second-order valence-corrected chi connectivity index (χ2v) is 5.22. The fourth-order valence-corrected chi connectivity index (χ4v) is 1.56. The SMILES string of the molecule is CCNC(=NCCn1cc(C)cn1)NC(C)C(C)C. The fourth-order valence-electron chi connectivity index (χ4n) is 1.56. The van der Waals surface area contributed by atoms with Crippen molar-refractivity contribution < 1.29 is 0 Å². The fraction of sp³-hybridized carbons (Fsp3) is 0.714. The molecule has 1 heterocycles. The number of rotatable bonds is 6. The van der Waals surface area contributed by atoms with Crippen molar-refractivity contribution in [1.29, 1.82) is 0 Å². The third-order valence-corrected chi connectivity index (χ3v) is 3.07. The molecule has 1 atom stereocenters. The van der Waals surface area contributed by atoms with Gasteiger partial charge < -0.3 is 10.6 Å². The van der Waals surface area contributed by atoms with Gasteiger partial charge in [-0.1, -0.05) is 13.8 Å². The highest BCUT2D eigenvalue weighted by molar-refractivity contribution is 5.80. The summed E-state index contributed by atoms with van der Waals surface area (Å²) in [5.41, 5.74) is 1.18. The first-order valence-electron chi connectivity index (χ1n) is 7.06. The monoisotopic (exact) mass is 265 g/mol. The number of nitrogens with zero attached hydrogens (tertiary/aromatic N) is 3. The molecule has 0 spiro atoms. The molecule has 0 saturated carbocycles. The van der Waals surface area contributed by atoms with E-state index in [4.69, 9.17) is 0 Å². The Bertz CT molecular complexity index is 394. The highest BCUT2D eigenvalue weighted by Gasteiger charge is 2.08. The maximum absolute atomic E-state index is 4.57. The summed E-state index contributed by atoms with van der Waals surface area (Å²) in [5, 5.41) is 10.9. The van der Waals surface area contributed by atoms with Crippen molar-refractivity contribution in [3.8, 4) is 0 Å². The number of nitrogens with one attached hydrogen (secondary N) is 2. The topological polar surface area (TPSA) is 54.2 Å². The zero-order valence-electron chi connectivity index (χ0n) is 12.8. The van der Waals surface area contributed by atoms with Gasteiger partial charge in [0.1, 0.15) is 0 Å². The van der Waals surface area contributed by atoms with Crippen LogP contribution in [0.3, 0.4) is 0 Å². The van der Waals surface area contributed by atoms with Crippen LogP contribution < -0.4 is 10.6 Å². The molecule has 0 amide bonds. The number of hydrogen-bond acceptors (Lipinski definition) is 2. The van der Waals surface area contributed by atoms with E-state index in [1.54, 1.807) is 0 Å². The molecule has 2 N–H and O–H groups in total. The summed E-state index contributed by atoms with van der Waals surface area (Å²) < 4.78 is 1.92. The lowest BCUT2D eigenvalue weighted by Gasteiger charge is -2.20. The molecule has 0 aliphatic rings. The third kappa shape index (κ3) is 5.77. The van der Waals surface area contributed by atoms with Crippen molar-refractivity contribution in [1.82, 2.24) is 20.4 Å². The Morgan fingerprint density at radius 1 is 1.42 bits per heavy atom. The summed E-state index contributed by atoms with van der Waals surface area (Å²) >= 11 is 0. The molecule has 0 bridgehead atoms. The molecule has 0 radical (unpaired) electrons. The van der Waals surface area contributed by atoms with Crippen LogP contribution in [0.2, 0.25) is 0 Å². The molecule has 0 fully saturated rings. The number of guanidine groups is 1. The molecule has 1 aromatic rings. The van der Waals surface area contributed by atoms with Gasteiger partial charge in [-0.15, -0.1) is 0 Å². The molecule has 108 valence electrons. The largest absolute Gasteiger partial charge is 0.357 e. The smallest absolute Gasteiger partial charge is 0.191 e. The predicted octanol–water partition coefficient (Wildman–Crippen LogP) is 1.79. The van der Waals surface area contributed by atoms with Crippen LogP contribution in [0.5, 0.6) is 0 Å². The van der Waals surface area contributed by atoms with Crippen molar-refractivity contribution in [2.45, 2.75) is 47.2 Å². The van der Waals surface area contributed by atoms with E-state index in [1.165, 1.54) is 5.56 Å². The molecular formula is C14H27N5. The maximum atomic E-state index is 4.57. The first kappa shape index (κ1) is 15.5. The van der Waals surface area contributed by atoms with E-state index >= 15 is 0 Å². The number of aromatic nitrogens is 2. The molecule has 0 saturated heterocycles. The minimum atomic E-state index is 0.407. The van der Waals surface area contributed by atoms with Gasteiger partial charge in [-0.3, -0.25) is 9.67 Å². The summed E-state index contributed by atoms with van der Waals surface area (Å²) in [6.45, 7) is 13.1. The number of hydrogen-bond donors (Lipinski definition) is 2. The van der Waals surface area contributed by atoms with Gasteiger partial charge in [-0.2, -0.15) is 5.10 Å². The molecule has 5 heteroatoms. The second kappa shape index (κ2) is 7.81. The first-order chi connectivity index (χ1) is 9.02. The van der Waals surface area contributed by atoms with E-state index in [-0.39, 0.29) is 0 Å². The molecule has 5 nitrogen and oxygen atoms in total. The molecule has 0 aliphatic carbocycles. The normalized spacial score (nSPS) is 13.7. The van der Waals surface area contributed by atoms with Gasteiger partial charge in [0.2, 0.25) is 0 Å². The Morgan fingerprint density at radius 3 is 2.68 bits per heavy atom. The minimum Gasteiger partial charge on any atom is -0.357 e. The van der Waals surface area contributed by atoms with E-state index in [2.05, 4.69) is 48.4 Å². The van der Waals surface area contributed by atoms with Crippen LogP contribution in [-0.2, 0) is 6.54 Å². The lowest BCUT2D eigenvalue weighted by molar-refractivity contribution is 0.480. The van der Waals surface area contributed by atoms with Crippen molar-refractivity contribution >= 4 is 5.96 Å². The van der Waals surface area contributed by atoms with Crippen LogP contribution in [0.15, 0.2) is 17.4 Å². The Balaban J connectivity index is 2.48. The van der Waals surface area contributed by atoms with Crippen LogP contribution in [0, 0.1) is 12.8 Å². The van der Waals surface area contributed by atoms with Gasteiger partial charge in [0.05, 0.1) is 19.3 Å². The van der Waals surface area contributed by atoms with Crippen LogP contribution in [-0.4, -0.2) is 34.9 Å². The van der Waals surface area contributed by atoms with Gasteiger partial charge in [-0.05, 0) is 32.3 Å². The zero-order chi connectivity index (χ0) is 14.3. The molecule has 0 aliphatic heterocycles. The summed E-state index contributed by atoms with van der Waals surface area (Å²) in [6, 6.07) is 0.407. The standard InChI is InChI=1S/C14H27N5/c1-6-15-14(18-13(5)11(2)3)16-7-8-19-10-12(4)9-17-19/h9-11,13H,6-8H2,1-5H3,(H2,15,16,18). The summed E-state index contributed by atoms with van der Waals surface area (Å²) in [4.78, 5) is 4.57. The molecule has 0 aromatic carbocycles. The average Bonchev–Trinajstić information content (AvgIpc) is 2.75. The second-order valence-electron chi connectivity index (χ2n) is 5.22. The summed E-state index contributed by atoms with van der Waals surface area (Å²) in [6.07, 6.45) is 3.90. The van der Waals surface area contributed by atoms with Gasteiger partial charge in [0.25, 0.3) is 0 Å². The molecule has 1 aromatic heterocycles. The van der Waals surface area contributed by atoms with Crippen LogP contribution in [0.25, 0.3) is 0 Å². The van der Waals surface area contributed by atoms with E-state index in [1.807, 2.05) is 24.0 Å². The average molecular weight is 265 g/mol. The Morgan fingerprint density at radius 2 is 2.16 bits per heavy atom. The quantitative estimate of drug-likeness (QED) is 0.609. The minimum absolute atomic E-state index is 0.407. The highest BCUT2D eigenvalue weighted by Crippen LogP contribution is 1.99. The van der Waals surface area contributed by atoms with E-state index in [0.717, 1.165) is 25.6 Å². The van der Waals surface area contributed by atoms with Crippen LogP contribution in [0.1, 0.15) is 33.3 Å². The van der Waals surface area contributed by atoms with E-state index < -0.39 is 0 Å². The van der Waals surface area contributed by atoms with Gasteiger partial charge in [0.15, 0.2) is 5.96 Å². The molecular weight excluding hydrogens is 238 g/mol. The lowest BCUT2D eigenvalue weighted by Crippen LogP contribution is -2.44. The van der Waals surface area contributed by atoms with Crippen molar-refractivity contribution in [3.05, 3.63) is 18.0 Å². The zero-order valence-corrected chi connectivity index (χ0v) is 12.8. The lowest BCUT2D eigenvalue weighted by atomic mass is 10.1. The van der Waals surface area contributed by atoms with Crippen molar-refractivity contribution in [3.63, 3.8) is 0 Å². The summed E-state index contributed by atoms with van der Waals surface area (Å²) in [7, 11) is 0. The third-order valence-electron chi connectivity index (χ3n) is 3.07. The molecule has 19 heavy (non-hydrogen) atoms. The Hall–Kier alpha value is -1.52. The van der Waals surface area contributed by atoms with E-state index in [9.17, 15) is 0 Å². The van der Waals surface area contributed by atoms with Crippen molar-refractivity contribution in [2.75, 3.05) is 13.1 Å². The van der Waals surface area contributed by atoms with Gasteiger partial charge >= 0.3 is 0 Å². The summed E-state index contributed by atoms with van der Waals surface area (Å²) in [5.74, 6) is 1.46. The maximum Gasteiger partial charge on any atom is 0.191 e. The molecule has 1 rings (SSSR count).